The topological polar surface area (TPSA) is 63.9 Å². The quantitative estimate of drug-likeness (QED) is 0.750. The molecule has 1 aromatic heterocycles. The maximum Gasteiger partial charge on any atom is 0.351 e. The fourth-order valence-corrected chi connectivity index (χ4v) is 3.23. The number of nitrogens with zero attached hydrogens (tertiary/aromatic N) is 3. The Morgan fingerprint density at radius 1 is 1.12 bits per heavy atom. The van der Waals surface area contributed by atoms with Crippen molar-refractivity contribution >= 4 is 0 Å². The zero-order chi connectivity index (χ0) is 18.1. The molecule has 0 spiro atoms. The molecule has 26 heavy (non-hydrogen) atoms. The van der Waals surface area contributed by atoms with Crippen molar-refractivity contribution in [1.29, 1.82) is 0 Å². The molecule has 2 N–H and O–H groups in total. The summed E-state index contributed by atoms with van der Waals surface area (Å²) in [4.78, 5) is 12.8. The van der Waals surface area contributed by atoms with Crippen LogP contribution in [0, 0.1) is 12.7 Å². The molecule has 0 amide bonds. The van der Waals surface area contributed by atoms with E-state index in [4.69, 9.17) is 0 Å². The molecule has 6 nitrogen and oxygen atoms in total. The third-order valence-electron chi connectivity index (χ3n) is 4.76. The van der Waals surface area contributed by atoms with Crippen molar-refractivity contribution in [1.82, 2.24) is 25.2 Å². The van der Waals surface area contributed by atoms with E-state index in [1.807, 2.05) is 24.3 Å². The van der Waals surface area contributed by atoms with Gasteiger partial charge in [-0.05, 0) is 30.7 Å². The summed E-state index contributed by atoms with van der Waals surface area (Å²) in [5.74, 6) is 0.641. The van der Waals surface area contributed by atoms with Crippen LogP contribution in [-0.4, -0.2) is 27.4 Å². The van der Waals surface area contributed by atoms with Crippen LogP contribution >= 0.6 is 0 Å². The number of nitrogens with one attached hydrogen (secondary N) is 2. The molecular formula is C19H20FN5O. The van der Waals surface area contributed by atoms with E-state index in [-0.39, 0.29) is 18.1 Å². The first kappa shape index (κ1) is 16.7. The molecule has 0 aliphatic carbocycles. The van der Waals surface area contributed by atoms with Gasteiger partial charge < -0.3 is 0 Å². The Morgan fingerprint density at radius 3 is 2.50 bits per heavy atom. The molecule has 0 radical (unpaired) electrons. The van der Waals surface area contributed by atoms with Crippen molar-refractivity contribution < 1.29 is 4.39 Å². The van der Waals surface area contributed by atoms with Gasteiger partial charge in [0.2, 0.25) is 0 Å². The third-order valence-corrected chi connectivity index (χ3v) is 4.76. The summed E-state index contributed by atoms with van der Waals surface area (Å²) in [6.07, 6.45) is 0. The Kier molecular flexibility index (Phi) is 4.40. The summed E-state index contributed by atoms with van der Waals surface area (Å²) in [5, 5.41) is 4.35. The molecule has 0 atom stereocenters. The van der Waals surface area contributed by atoms with Crippen LogP contribution in [0.15, 0.2) is 53.3 Å². The van der Waals surface area contributed by atoms with E-state index < -0.39 is 0 Å². The highest BCUT2D eigenvalue weighted by Gasteiger charge is 2.17. The van der Waals surface area contributed by atoms with E-state index in [0.29, 0.717) is 23.0 Å². The molecule has 1 fully saturated rings. The summed E-state index contributed by atoms with van der Waals surface area (Å²) in [6.45, 7) is 3.68. The normalized spacial score (nSPS) is 14.8. The van der Waals surface area contributed by atoms with Gasteiger partial charge in [0, 0.05) is 24.6 Å². The van der Waals surface area contributed by atoms with Gasteiger partial charge in [-0.25, -0.2) is 9.18 Å². The van der Waals surface area contributed by atoms with Gasteiger partial charge in [-0.15, -0.1) is 0 Å². The van der Waals surface area contributed by atoms with Gasteiger partial charge in [0.1, 0.15) is 11.6 Å². The number of aromatic nitrogens is 3. The number of hydrogen-bond donors (Lipinski definition) is 2. The lowest BCUT2D eigenvalue weighted by atomic mass is 10.0. The zero-order valence-electron chi connectivity index (χ0n) is 14.4. The molecule has 0 bridgehead atoms. The summed E-state index contributed by atoms with van der Waals surface area (Å²) >= 11 is 0. The van der Waals surface area contributed by atoms with Crippen LogP contribution in [0.4, 0.5) is 4.39 Å². The Labute approximate surface area is 150 Å². The largest absolute Gasteiger partial charge is 0.351 e. The molecule has 2 heterocycles. The Morgan fingerprint density at radius 2 is 1.81 bits per heavy atom. The van der Waals surface area contributed by atoms with E-state index in [1.54, 1.807) is 25.1 Å². The predicted octanol–water partition coefficient (Wildman–Crippen LogP) is 1.72. The second-order valence-corrected chi connectivity index (χ2v) is 6.47. The number of aryl methyl sites for hydroxylation is 1. The molecule has 0 saturated carbocycles. The van der Waals surface area contributed by atoms with E-state index in [0.717, 1.165) is 13.1 Å². The van der Waals surface area contributed by atoms with Crippen LogP contribution in [0.3, 0.4) is 0 Å². The molecule has 3 aromatic rings. The smallest absolute Gasteiger partial charge is 0.274 e. The van der Waals surface area contributed by atoms with Gasteiger partial charge in [0.15, 0.2) is 0 Å². The fraction of sp³-hybridized carbons (Fsp3) is 0.263. The molecule has 1 saturated heterocycles. The first-order valence-electron chi connectivity index (χ1n) is 8.59. The maximum absolute atomic E-state index is 13.9. The van der Waals surface area contributed by atoms with Crippen molar-refractivity contribution in [3.05, 3.63) is 81.8 Å². The third kappa shape index (κ3) is 3.07. The minimum absolute atomic E-state index is 0.162. The molecule has 7 heteroatoms. The van der Waals surface area contributed by atoms with Gasteiger partial charge in [0.25, 0.3) is 0 Å². The standard InChI is InChI=1S/C19H20FN5O/c1-13-23-25(17-8-6-14(7-9-17)16-10-21-22-11-16)19(26)24(13)12-15-4-2-3-5-18(15)20/h2-9,16,21-22H,10-12H2,1H3. The lowest BCUT2D eigenvalue weighted by Crippen LogP contribution is -2.25. The molecular weight excluding hydrogens is 333 g/mol. The summed E-state index contributed by atoms with van der Waals surface area (Å²) in [5.41, 5.74) is 8.33. The molecule has 2 aromatic carbocycles. The highest BCUT2D eigenvalue weighted by atomic mass is 19.1. The zero-order valence-corrected chi connectivity index (χ0v) is 14.4. The van der Waals surface area contributed by atoms with Crippen LogP contribution in [-0.2, 0) is 6.54 Å². The van der Waals surface area contributed by atoms with Crippen LogP contribution in [0.2, 0.25) is 0 Å². The van der Waals surface area contributed by atoms with Crippen LogP contribution in [0.25, 0.3) is 5.69 Å². The minimum Gasteiger partial charge on any atom is -0.274 e. The number of hydrogen-bond acceptors (Lipinski definition) is 4. The Balaban J connectivity index is 1.64. The Bertz CT molecular complexity index is 970. The van der Waals surface area contributed by atoms with Crippen molar-refractivity contribution in [2.75, 3.05) is 13.1 Å². The first-order chi connectivity index (χ1) is 12.6. The van der Waals surface area contributed by atoms with Gasteiger partial charge in [-0.2, -0.15) is 9.78 Å². The van der Waals surface area contributed by atoms with Crippen LogP contribution in [0.5, 0.6) is 0 Å². The van der Waals surface area contributed by atoms with Gasteiger partial charge in [-0.3, -0.25) is 15.4 Å². The van der Waals surface area contributed by atoms with E-state index in [9.17, 15) is 9.18 Å². The van der Waals surface area contributed by atoms with Crippen molar-refractivity contribution in [2.45, 2.75) is 19.4 Å². The summed E-state index contributed by atoms with van der Waals surface area (Å²) in [6, 6.07) is 14.3. The van der Waals surface area contributed by atoms with Crippen molar-refractivity contribution in [2.24, 2.45) is 0 Å². The average Bonchev–Trinajstić information content (AvgIpc) is 3.28. The lowest BCUT2D eigenvalue weighted by Gasteiger charge is -2.08. The number of halogens is 1. The average molecular weight is 353 g/mol. The minimum atomic E-state index is -0.324. The second-order valence-electron chi connectivity index (χ2n) is 6.47. The Hall–Kier alpha value is -2.77. The van der Waals surface area contributed by atoms with E-state index in [1.165, 1.54) is 20.9 Å². The van der Waals surface area contributed by atoms with Crippen LogP contribution < -0.4 is 16.5 Å². The van der Waals surface area contributed by atoms with Crippen LogP contribution in [0.1, 0.15) is 22.9 Å². The van der Waals surface area contributed by atoms with Gasteiger partial charge in [0.05, 0.1) is 12.2 Å². The monoisotopic (exact) mass is 353 g/mol. The highest BCUT2D eigenvalue weighted by molar-refractivity contribution is 5.35. The van der Waals surface area contributed by atoms with Crippen molar-refractivity contribution in [3.8, 4) is 5.69 Å². The molecule has 1 aliphatic rings. The lowest BCUT2D eigenvalue weighted by molar-refractivity contribution is 0.593. The molecule has 0 unspecified atom stereocenters. The molecule has 4 rings (SSSR count). The summed E-state index contributed by atoms with van der Waals surface area (Å²) in [7, 11) is 0. The number of rotatable bonds is 4. The molecule has 1 aliphatic heterocycles. The van der Waals surface area contributed by atoms with Crippen molar-refractivity contribution in [3.63, 3.8) is 0 Å². The SMILES string of the molecule is Cc1nn(-c2ccc(C3CNNC3)cc2)c(=O)n1Cc1ccccc1F. The summed E-state index contributed by atoms with van der Waals surface area (Å²) < 4.78 is 16.8. The van der Waals surface area contributed by atoms with E-state index in [2.05, 4.69) is 16.0 Å². The highest BCUT2D eigenvalue weighted by Crippen LogP contribution is 2.18. The number of benzene rings is 2. The maximum atomic E-state index is 13.9. The first-order valence-corrected chi connectivity index (χ1v) is 8.59. The van der Waals surface area contributed by atoms with Gasteiger partial charge >= 0.3 is 5.69 Å². The predicted molar refractivity (Wildman–Crippen MR) is 96.8 cm³/mol. The molecule has 134 valence electrons. The fourth-order valence-electron chi connectivity index (χ4n) is 3.23. The second kappa shape index (κ2) is 6.86. The van der Waals surface area contributed by atoms with Gasteiger partial charge in [-0.1, -0.05) is 30.3 Å². The number of hydrazine groups is 1. The van der Waals surface area contributed by atoms with E-state index >= 15 is 0 Å².